The summed E-state index contributed by atoms with van der Waals surface area (Å²) in [4.78, 5) is 2.39. The molecule has 0 amide bonds. The first-order chi connectivity index (χ1) is 5.29. The molecule has 2 fully saturated rings. The molecule has 2 bridgehead atoms. The highest BCUT2D eigenvalue weighted by Crippen LogP contribution is 2.32. The van der Waals surface area contributed by atoms with Crippen LogP contribution in [-0.4, -0.2) is 35.2 Å². The summed E-state index contributed by atoms with van der Waals surface area (Å²) in [6.45, 7) is 0. The molecule has 2 aliphatic rings. The van der Waals surface area contributed by atoms with Crippen molar-refractivity contribution < 1.29 is 5.11 Å². The second-order valence-electron chi connectivity index (χ2n) is 3.96. The molecule has 2 heteroatoms. The molecule has 0 aromatic heterocycles. The third kappa shape index (κ3) is 1.18. The number of hydrogen-bond donors (Lipinski definition) is 1. The molecule has 0 radical (unpaired) electrons. The van der Waals surface area contributed by atoms with Crippen molar-refractivity contribution in [2.24, 2.45) is 0 Å². The molecule has 0 spiro atoms. The zero-order valence-corrected chi connectivity index (χ0v) is 7.16. The first kappa shape index (κ1) is 7.56. The SMILES string of the molecule is CN1C2CCCC1C(O)CC2. The van der Waals surface area contributed by atoms with Crippen LogP contribution in [0.15, 0.2) is 0 Å². The van der Waals surface area contributed by atoms with Gasteiger partial charge in [-0.25, -0.2) is 0 Å². The Labute approximate surface area is 68.2 Å². The standard InChI is InChI=1S/C9H17NO/c1-10-7-3-2-4-8(10)9(11)6-5-7/h7-9,11H,2-6H2,1H3. The fourth-order valence-corrected chi connectivity index (χ4v) is 2.61. The lowest BCUT2D eigenvalue weighted by Gasteiger charge is -2.46. The van der Waals surface area contributed by atoms with Crippen molar-refractivity contribution in [2.45, 2.75) is 50.3 Å². The van der Waals surface area contributed by atoms with E-state index < -0.39 is 0 Å². The number of fused-ring (bicyclic) bond motifs is 2. The molecule has 0 aliphatic carbocycles. The van der Waals surface area contributed by atoms with Gasteiger partial charge >= 0.3 is 0 Å². The average molecular weight is 155 g/mol. The lowest BCUT2D eigenvalue weighted by molar-refractivity contribution is -0.0328. The van der Waals surface area contributed by atoms with Crippen molar-refractivity contribution in [3.8, 4) is 0 Å². The van der Waals surface area contributed by atoms with Crippen LogP contribution in [0.3, 0.4) is 0 Å². The number of hydrogen-bond acceptors (Lipinski definition) is 2. The summed E-state index contributed by atoms with van der Waals surface area (Å²) < 4.78 is 0. The molecule has 64 valence electrons. The number of aliphatic hydroxyl groups excluding tert-OH is 1. The highest BCUT2D eigenvalue weighted by atomic mass is 16.3. The van der Waals surface area contributed by atoms with E-state index in [9.17, 15) is 5.11 Å². The Balaban J connectivity index is 2.09. The van der Waals surface area contributed by atoms with E-state index >= 15 is 0 Å². The summed E-state index contributed by atoms with van der Waals surface area (Å²) in [7, 11) is 2.16. The molecule has 2 heterocycles. The minimum Gasteiger partial charge on any atom is -0.391 e. The zero-order chi connectivity index (χ0) is 7.84. The fraction of sp³-hybridized carbons (Fsp3) is 1.00. The lowest BCUT2D eigenvalue weighted by atomic mass is 9.83. The van der Waals surface area contributed by atoms with E-state index in [4.69, 9.17) is 0 Å². The van der Waals surface area contributed by atoms with Gasteiger partial charge in [0, 0.05) is 12.1 Å². The van der Waals surface area contributed by atoms with Crippen LogP contribution < -0.4 is 0 Å². The quantitative estimate of drug-likeness (QED) is 0.564. The summed E-state index contributed by atoms with van der Waals surface area (Å²) in [6, 6.07) is 1.25. The Bertz CT molecular complexity index is 148. The van der Waals surface area contributed by atoms with E-state index in [1.165, 1.54) is 25.7 Å². The Morgan fingerprint density at radius 3 is 2.73 bits per heavy atom. The minimum atomic E-state index is -0.0449. The molecule has 0 saturated carbocycles. The van der Waals surface area contributed by atoms with Crippen LogP contribution in [0.1, 0.15) is 32.1 Å². The van der Waals surface area contributed by atoms with E-state index in [0.717, 1.165) is 12.5 Å². The van der Waals surface area contributed by atoms with Crippen LogP contribution in [0, 0.1) is 0 Å². The van der Waals surface area contributed by atoms with E-state index in [1.54, 1.807) is 0 Å². The van der Waals surface area contributed by atoms with Gasteiger partial charge in [-0.3, -0.25) is 4.90 Å². The zero-order valence-electron chi connectivity index (χ0n) is 7.16. The van der Waals surface area contributed by atoms with Crippen LogP contribution in [0.25, 0.3) is 0 Å². The molecule has 2 rings (SSSR count). The molecule has 2 saturated heterocycles. The number of nitrogens with zero attached hydrogens (tertiary/aromatic N) is 1. The van der Waals surface area contributed by atoms with Crippen LogP contribution in [0.4, 0.5) is 0 Å². The van der Waals surface area contributed by atoms with Crippen molar-refractivity contribution >= 4 is 0 Å². The fourth-order valence-electron chi connectivity index (χ4n) is 2.61. The summed E-state index contributed by atoms with van der Waals surface area (Å²) in [6.07, 6.45) is 6.05. The molecule has 1 N–H and O–H groups in total. The Hall–Kier alpha value is -0.0800. The average Bonchev–Trinajstić information content (AvgIpc) is 1.98. The topological polar surface area (TPSA) is 23.5 Å². The van der Waals surface area contributed by atoms with E-state index in [-0.39, 0.29) is 6.10 Å². The largest absolute Gasteiger partial charge is 0.391 e. The molecule has 3 atom stereocenters. The normalized spacial score (nSPS) is 45.8. The Kier molecular flexibility index (Phi) is 1.90. The van der Waals surface area contributed by atoms with Gasteiger partial charge in [0.05, 0.1) is 6.10 Å². The second kappa shape index (κ2) is 2.76. The summed E-state index contributed by atoms with van der Waals surface area (Å²) in [5.74, 6) is 0. The molecule has 2 aliphatic heterocycles. The van der Waals surface area contributed by atoms with E-state index in [2.05, 4.69) is 11.9 Å². The number of rotatable bonds is 0. The third-order valence-electron chi connectivity index (χ3n) is 3.38. The van der Waals surface area contributed by atoms with Crippen molar-refractivity contribution in [1.82, 2.24) is 4.90 Å². The van der Waals surface area contributed by atoms with E-state index in [1.807, 2.05) is 0 Å². The van der Waals surface area contributed by atoms with Gasteiger partial charge in [0.1, 0.15) is 0 Å². The third-order valence-corrected chi connectivity index (χ3v) is 3.38. The molecule has 0 aromatic rings. The van der Waals surface area contributed by atoms with Crippen LogP contribution in [-0.2, 0) is 0 Å². The van der Waals surface area contributed by atoms with Crippen molar-refractivity contribution in [3.63, 3.8) is 0 Å². The summed E-state index contributed by atoms with van der Waals surface area (Å²) >= 11 is 0. The van der Waals surface area contributed by atoms with Gasteiger partial charge in [-0.05, 0) is 32.7 Å². The van der Waals surface area contributed by atoms with Gasteiger partial charge in [-0.2, -0.15) is 0 Å². The van der Waals surface area contributed by atoms with Crippen LogP contribution in [0.2, 0.25) is 0 Å². The second-order valence-corrected chi connectivity index (χ2v) is 3.96. The highest BCUT2D eigenvalue weighted by molar-refractivity contribution is 4.91. The van der Waals surface area contributed by atoms with E-state index in [0.29, 0.717) is 6.04 Å². The summed E-state index contributed by atoms with van der Waals surface area (Å²) in [5, 5.41) is 9.65. The molecule has 2 nitrogen and oxygen atoms in total. The lowest BCUT2D eigenvalue weighted by Crippen LogP contribution is -2.53. The van der Waals surface area contributed by atoms with Gasteiger partial charge in [0.15, 0.2) is 0 Å². The van der Waals surface area contributed by atoms with Gasteiger partial charge in [0.2, 0.25) is 0 Å². The summed E-state index contributed by atoms with van der Waals surface area (Å²) in [5.41, 5.74) is 0. The number of piperidine rings is 2. The monoisotopic (exact) mass is 155 g/mol. The van der Waals surface area contributed by atoms with Gasteiger partial charge in [-0.15, -0.1) is 0 Å². The molecular formula is C9H17NO. The maximum absolute atomic E-state index is 9.65. The highest BCUT2D eigenvalue weighted by Gasteiger charge is 2.36. The smallest absolute Gasteiger partial charge is 0.0696 e. The predicted octanol–water partition coefficient (Wildman–Crippen LogP) is 0.994. The molecular weight excluding hydrogens is 138 g/mol. The van der Waals surface area contributed by atoms with Crippen molar-refractivity contribution in [3.05, 3.63) is 0 Å². The van der Waals surface area contributed by atoms with Crippen LogP contribution >= 0.6 is 0 Å². The molecule has 3 unspecified atom stereocenters. The van der Waals surface area contributed by atoms with Gasteiger partial charge < -0.3 is 5.11 Å². The molecule has 11 heavy (non-hydrogen) atoms. The number of likely N-dealkylation sites (N-methyl/N-ethyl adjacent to an activating group) is 1. The minimum absolute atomic E-state index is 0.0449. The molecule has 0 aromatic carbocycles. The van der Waals surface area contributed by atoms with Crippen molar-refractivity contribution in [2.75, 3.05) is 7.05 Å². The van der Waals surface area contributed by atoms with Crippen molar-refractivity contribution in [1.29, 1.82) is 0 Å². The van der Waals surface area contributed by atoms with Gasteiger partial charge in [-0.1, -0.05) is 6.42 Å². The maximum atomic E-state index is 9.65. The Morgan fingerprint density at radius 1 is 1.18 bits per heavy atom. The Morgan fingerprint density at radius 2 is 2.00 bits per heavy atom. The van der Waals surface area contributed by atoms with Gasteiger partial charge in [0.25, 0.3) is 0 Å². The van der Waals surface area contributed by atoms with Crippen LogP contribution in [0.5, 0.6) is 0 Å². The predicted molar refractivity (Wildman–Crippen MR) is 44.4 cm³/mol. The maximum Gasteiger partial charge on any atom is 0.0696 e. The first-order valence-electron chi connectivity index (χ1n) is 4.69. The number of aliphatic hydroxyl groups is 1. The first-order valence-corrected chi connectivity index (χ1v) is 4.69.